The summed E-state index contributed by atoms with van der Waals surface area (Å²) in [7, 11) is 0. The van der Waals surface area contributed by atoms with Gasteiger partial charge in [-0.15, -0.1) is 0 Å². The van der Waals surface area contributed by atoms with Crippen LogP contribution in [0.3, 0.4) is 0 Å². The van der Waals surface area contributed by atoms with Gasteiger partial charge in [0.1, 0.15) is 5.75 Å². The molecule has 1 aliphatic rings. The number of phenols is 1. The third kappa shape index (κ3) is 5.23. The molecule has 2 nitrogen and oxygen atoms in total. The molecule has 0 heterocycles. The standard InChI is InChI=1S/C17H27NO/c1-14(13-16-7-9-17(19)10-8-16)18-12-11-15-5-3-2-4-6-15/h7-10,14-15,18-19H,2-6,11-13H2,1H3. The smallest absolute Gasteiger partial charge is 0.115 e. The first-order valence-corrected chi connectivity index (χ1v) is 7.75. The van der Waals surface area contributed by atoms with Crippen LogP contribution in [-0.2, 0) is 6.42 Å². The summed E-state index contributed by atoms with van der Waals surface area (Å²) in [6.45, 7) is 3.39. The lowest BCUT2D eigenvalue weighted by atomic mass is 9.87. The molecule has 1 unspecified atom stereocenters. The molecule has 0 aromatic heterocycles. The van der Waals surface area contributed by atoms with Crippen LogP contribution in [0.25, 0.3) is 0 Å². The van der Waals surface area contributed by atoms with Crippen LogP contribution in [0.2, 0.25) is 0 Å². The lowest BCUT2D eigenvalue weighted by Gasteiger charge is -2.22. The van der Waals surface area contributed by atoms with Gasteiger partial charge < -0.3 is 10.4 Å². The van der Waals surface area contributed by atoms with Gasteiger partial charge in [-0.3, -0.25) is 0 Å². The maximum absolute atomic E-state index is 9.26. The van der Waals surface area contributed by atoms with E-state index in [1.807, 2.05) is 12.1 Å². The van der Waals surface area contributed by atoms with Gasteiger partial charge in [0, 0.05) is 6.04 Å². The Hall–Kier alpha value is -1.02. The molecule has 0 aliphatic heterocycles. The Morgan fingerprint density at radius 2 is 1.84 bits per heavy atom. The summed E-state index contributed by atoms with van der Waals surface area (Å²) in [5.41, 5.74) is 1.29. The van der Waals surface area contributed by atoms with Crippen molar-refractivity contribution in [3.05, 3.63) is 29.8 Å². The number of nitrogens with one attached hydrogen (secondary N) is 1. The summed E-state index contributed by atoms with van der Waals surface area (Å²) in [4.78, 5) is 0. The molecule has 1 aromatic rings. The molecule has 1 saturated carbocycles. The molecule has 1 fully saturated rings. The SMILES string of the molecule is CC(Cc1ccc(O)cc1)NCCC1CCCCC1. The Kier molecular flexibility index (Phi) is 5.71. The van der Waals surface area contributed by atoms with Gasteiger partial charge in [-0.1, -0.05) is 44.2 Å². The van der Waals surface area contributed by atoms with Crippen molar-refractivity contribution in [2.75, 3.05) is 6.54 Å². The highest BCUT2D eigenvalue weighted by atomic mass is 16.3. The molecule has 2 N–H and O–H groups in total. The third-order valence-electron chi connectivity index (χ3n) is 4.25. The maximum atomic E-state index is 9.26. The summed E-state index contributed by atoms with van der Waals surface area (Å²) in [5.74, 6) is 1.31. The van der Waals surface area contributed by atoms with E-state index in [2.05, 4.69) is 12.2 Å². The van der Waals surface area contributed by atoms with E-state index >= 15 is 0 Å². The fourth-order valence-electron chi connectivity index (χ4n) is 3.07. The molecule has 0 spiro atoms. The van der Waals surface area contributed by atoms with Crippen molar-refractivity contribution in [1.82, 2.24) is 5.32 Å². The Morgan fingerprint density at radius 3 is 2.53 bits per heavy atom. The molecule has 19 heavy (non-hydrogen) atoms. The predicted octanol–water partition coefficient (Wildman–Crippen LogP) is 3.88. The predicted molar refractivity (Wildman–Crippen MR) is 80.5 cm³/mol. The van der Waals surface area contributed by atoms with E-state index in [4.69, 9.17) is 0 Å². The normalized spacial score (nSPS) is 18.4. The minimum absolute atomic E-state index is 0.349. The van der Waals surface area contributed by atoms with Crippen molar-refractivity contribution in [3.8, 4) is 5.75 Å². The van der Waals surface area contributed by atoms with Crippen LogP contribution in [0.15, 0.2) is 24.3 Å². The molecule has 0 bridgehead atoms. The van der Waals surface area contributed by atoms with E-state index in [-0.39, 0.29) is 0 Å². The number of aromatic hydroxyl groups is 1. The minimum Gasteiger partial charge on any atom is -0.508 e. The molecule has 1 atom stereocenters. The zero-order valence-corrected chi connectivity index (χ0v) is 12.1. The maximum Gasteiger partial charge on any atom is 0.115 e. The van der Waals surface area contributed by atoms with E-state index in [1.165, 1.54) is 44.1 Å². The van der Waals surface area contributed by atoms with Gasteiger partial charge in [0.2, 0.25) is 0 Å². The van der Waals surface area contributed by atoms with Crippen LogP contribution < -0.4 is 5.32 Å². The van der Waals surface area contributed by atoms with Gasteiger partial charge in [-0.25, -0.2) is 0 Å². The summed E-state index contributed by atoms with van der Waals surface area (Å²) >= 11 is 0. The number of rotatable bonds is 6. The number of hydrogen-bond donors (Lipinski definition) is 2. The summed E-state index contributed by atoms with van der Waals surface area (Å²) in [5, 5.41) is 12.9. The number of phenolic OH excluding ortho intramolecular Hbond substituents is 1. The molecule has 0 amide bonds. The second kappa shape index (κ2) is 7.54. The van der Waals surface area contributed by atoms with E-state index < -0.39 is 0 Å². The van der Waals surface area contributed by atoms with Crippen molar-refractivity contribution in [2.45, 2.75) is 57.9 Å². The van der Waals surface area contributed by atoms with Gasteiger partial charge in [0.15, 0.2) is 0 Å². The first-order valence-electron chi connectivity index (χ1n) is 7.75. The highest BCUT2D eigenvalue weighted by Crippen LogP contribution is 2.25. The van der Waals surface area contributed by atoms with Crippen LogP contribution in [0.5, 0.6) is 5.75 Å². The van der Waals surface area contributed by atoms with Crippen molar-refractivity contribution in [1.29, 1.82) is 0 Å². The fraction of sp³-hybridized carbons (Fsp3) is 0.647. The summed E-state index contributed by atoms with van der Waals surface area (Å²) in [6, 6.07) is 8.06. The van der Waals surface area contributed by atoms with Gasteiger partial charge in [-0.2, -0.15) is 0 Å². The van der Waals surface area contributed by atoms with Gasteiger partial charge in [0.25, 0.3) is 0 Å². The minimum atomic E-state index is 0.349. The highest BCUT2D eigenvalue weighted by Gasteiger charge is 2.13. The number of benzene rings is 1. The lowest BCUT2D eigenvalue weighted by molar-refractivity contribution is 0.329. The Morgan fingerprint density at radius 1 is 1.16 bits per heavy atom. The van der Waals surface area contributed by atoms with Crippen molar-refractivity contribution < 1.29 is 5.11 Å². The summed E-state index contributed by atoms with van der Waals surface area (Å²) < 4.78 is 0. The van der Waals surface area contributed by atoms with Gasteiger partial charge in [-0.05, 0) is 49.9 Å². The third-order valence-corrected chi connectivity index (χ3v) is 4.25. The fourth-order valence-corrected chi connectivity index (χ4v) is 3.07. The average molecular weight is 261 g/mol. The topological polar surface area (TPSA) is 32.3 Å². The van der Waals surface area contributed by atoms with Crippen molar-refractivity contribution >= 4 is 0 Å². The van der Waals surface area contributed by atoms with Gasteiger partial charge >= 0.3 is 0 Å². The second-order valence-corrected chi connectivity index (χ2v) is 6.02. The van der Waals surface area contributed by atoms with Gasteiger partial charge in [0.05, 0.1) is 0 Å². The van der Waals surface area contributed by atoms with Crippen LogP contribution in [0.1, 0.15) is 51.0 Å². The monoisotopic (exact) mass is 261 g/mol. The Bertz CT molecular complexity index is 354. The molecule has 1 aliphatic carbocycles. The van der Waals surface area contributed by atoms with Crippen LogP contribution in [0.4, 0.5) is 0 Å². The molecular formula is C17H27NO. The van der Waals surface area contributed by atoms with Crippen molar-refractivity contribution in [2.24, 2.45) is 5.92 Å². The summed E-state index contributed by atoms with van der Waals surface area (Å²) in [6.07, 6.45) is 9.57. The first kappa shape index (κ1) is 14.4. The Balaban J connectivity index is 1.63. The Labute approximate surface area is 117 Å². The molecule has 106 valence electrons. The second-order valence-electron chi connectivity index (χ2n) is 6.02. The average Bonchev–Trinajstić information content (AvgIpc) is 2.43. The lowest BCUT2D eigenvalue weighted by Crippen LogP contribution is -2.30. The molecular weight excluding hydrogens is 234 g/mol. The van der Waals surface area contributed by atoms with Crippen LogP contribution in [0, 0.1) is 5.92 Å². The zero-order chi connectivity index (χ0) is 13.5. The van der Waals surface area contributed by atoms with Crippen LogP contribution >= 0.6 is 0 Å². The quantitative estimate of drug-likeness (QED) is 0.814. The molecule has 2 heteroatoms. The number of hydrogen-bond acceptors (Lipinski definition) is 2. The van der Waals surface area contributed by atoms with Crippen LogP contribution in [-0.4, -0.2) is 17.7 Å². The van der Waals surface area contributed by atoms with E-state index in [0.29, 0.717) is 11.8 Å². The zero-order valence-electron chi connectivity index (χ0n) is 12.1. The van der Waals surface area contributed by atoms with Crippen molar-refractivity contribution in [3.63, 3.8) is 0 Å². The van der Waals surface area contributed by atoms with E-state index in [0.717, 1.165) is 18.9 Å². The largest absolute Gasteiger partial charge is 0.508 e. The highest BCUT2D eigenvalue weighted by molar-refractivity contribution is 5.26. The van der Waals surface area contributed by atoms with E-state index in [1.54, 1.807) is 12.1 Å². The molecule has 2 rings (SSSR count). The first-order chi connectivity index (χ1) is 9.24. The molecule has 1 aromatic carbocycles. The molecule has 0 radical (unpaired) electrons. The molecule has 0 saturated heterocycles. The van der Waals surface area contributed by atoms with E-state index in [9.17, 15) is 5.11 Å².